The predicted octanol–water partition coefficient (Wildman–Crippen LogP) is 3.00. The molecule has 5 heteroatoms. The smallest absolute Gasteiger partial charge is 0.387 e. The second-order valence-corrected chi connectivity index (χ2v) is 5.91. The molecule has 116 valence electrons. The normalized spacial score (nSPS) is 20.9. The Hall–Kier alpha value is -1.20. The number of para-hydroxylation sites is 1. The van der Waals surface area contributed by atoms with E-state index in [1.54, 1.807) is 12.1 Å². The van der Waals surface area contributed by atoms with E-state index in [0.717, 1.165) is 37.5 Å². The third-order valence-electron chi connectivity index (χ3n) is 4.36. The van der Waals surface area contributed by atoms with E-state index in [1.807, 2.05) is 12.1 Å². The second kappa shape index (κ2) is 6.71. The number of ether oxygens (including phenoxy) is 1. The molecule has 1 saturated carbocycles. The molecule has 0 unspecified atom stereocenters. The van der Waals surface area contributed by atoms with Crippen molar-refractivity contribution < 1.29 is 13.5 Å². The summed E-state index contributed by atoms with van der Waals surface area (Å²) in [6.45, 7) is 0.111. The number of nitrogens with one attached hydrogen (secondary N) is 1. The molecule has 2 fully saturated rings. The van der Waals surface area contributed by atoms with Crippen LogP contribution < -0.4 is 10.1 Å². The van der Waals surface area contributed by atoms with Crippen LogP contribution in [0.1, 0.15) is 31.2 Å². The van der Waals surface area contributed by atoms with Crippen molar-refractivity contribution in [1.82, 2.24) is 10.2 Å². The number of likely N-dealkylation sites (tertiary alicyclic amines) is 1. The molecule has 1 saturated heterocycles. The highest BCUT2D eigenvalue weighted by atomic mass is 19.3. The number of rotatable bonds is 6. The van der Waals surface area contributed by atoms with Gasteiger partial charge in [0.25, 0.3) is 0 Å². The lowest BCUT2D eigenvalue weighted by Gasteiger charge is -2.32. The van der Waals surface area contributed by atoms with Gasteiger partial charge in [-0.1, -0.05) is 18.2 Å². The fourth-order valence-electron chi connectivity index (χ4n) is 3.02. The zero-order valence-electron chi connectivity index (χ0n) is 12.1. The van der Waals surface area contributed by atoms with Gasteiger partial charge in [0.2, 0.25) is 0 Å². The van der Waals surface area contributed by atoms with Crippen LogP contribution in [0.25, 0.3) is 0 Å². The van der Waals surface area contributed by atoms with Gasteiger partial charge in [0.1, 0.15) is 5.75 Å². The van der Waals surface area contributed by atoms with Crippen LogP contribution in [0.3, 0.4) is 0 Å². The summed E-state index contributed by atoms with van der Waals surface area (Å²) in [7, 11) is 0. The zero-order chi connectivity index (χ0) is 14.7. The van der Waals surface area contributed by atoms with Gasteiger partial charge in [-0.05, 0) is 44.8 Å². The van der Waals surface area contributed by atoms with E-state index in [2.05, 4.69) is 15.0 Å². The Bertz CT molecular complexity index is 457. The van der Waals surface area contributed by atoms with E-state index in [-0.39, 0.29) is 5.75 Å². The predicted molar refractivity (Wildman–Crippen MR) is 77.5 cm³/mol. The van der Waals surface area contributed by atoms with Gasteiger partial charge in [0.15, 0.2) is 0 Å². The molecule has 3 nitrogen and oxygen atoms in total. The molecule has 1 aliphatic heterocycles. The number of piperidine rings is 1. The maximum atomic E-state index is 12.4. The standard InChI is InChI=1S/C16H22F2N2O/c17-16(18)21-15-4-2-1-3-12(15)11-19-13-7-9-20(10-8-13)14-5-6-14/h1-4,13-14,16,19H,5-11H2. The maximum absolute atomic E-state index is 12.4. The average Bonchev–Trinajstić information content (AvgIpc) is 3.31. The Morgan fingerprint density at radius 2 is 1.86 bits per heavy atom. The van der Waals surface area contributed by atoms with E-state index in [0.29, 0.717) is 12.6 Å². The minimum atomic E-state index is -2.77. The summed E-state index contributed by atoms with van der Waals surface area (Å²) in [6, 6.07) is 8.31. The fourth-order valence-corrected chi connectivity index (χ4v) is 3.02. The quantitative estimate of drug-likeness (QED) is 0.873. The van der Waals surface area contributed by atoms with Crippen LogP contribution in [0.5, 0.6) is 5.75 Å². The molecule has 1 heterocycles. The number of hydrogen-bond donors (Lipinski definition) is 1. The molecule has 2 aliphatic rings. The number of alkyl halides is 2. The number of benzene rings is 1. The fraction of sp³-hybridized carbons (Fsp3) is 0.625. The zero-order valence-corrected chi connectivity index (χ0v) is 12.1. The molecule has 0 radical (unpaired) electrons. The summed E-state index contributed by atoms with van der Waals surface area (Å²) < 4.78 is 29.3. The first-order chi connectivity index (χ1) is 10.2. The number of halogens is 2. The SMILES string of the molecule is FC(F)Oc1ccccc1CNC1CCN(C2CC2)CC1. The van der Waals surface area contributed by atoms with Gasteiger partial charge >= 0.3 is 6.61 Å². The van der Waals surface area contributed by atoms with Crippen LogP contribution in [-0.2, 0) is 6.54 Å². The molecule has 0 spiro atoms. The van der Waals surface area contributed by atoms with Crippen LogP contribution >= 0.6 is 0 Å². The van der Waals surface area contributed by atoms with Crippen molar-refractivity contribution in [3.63, 3.8) is 0 Å². The minimum absolute atomic E-state index is 0.274. The highest BCUT2D eigenvalue weighted by Crippen LogP contribution is 2.29. The Kier molecular flexibility index (Phi) is 4.70. The average molecular weight is 296 g/mol. The Morgan fingerprint density at radius 3 is 2.52 bits per heavy atom. The van der Waals surface area contributed by atoms with Crippen molar-refractivity contribution in [2.45, 2.75) is 50.9 Å². The molecule has 1 N–H and O–H groups in total. The van der Waals surface area contributed by atoms with Gasteiger partial charge in [-0.2, -0.15) is 8.78 Å². The molecule has 0 amide bonds. The molecule has 1 aromatic carbocycles. The minimum Gasteiger partial charge on any atom is -0.434 e. The van der Waals surface area contributed by atoms with Crippen LogP contribution in [0.2, 0.25) is 0 Å². The second-order valence-electron chi connectivity index (χ2n) is 5.91. The lowest BCUT2D eigenvalue weighted by molar-refractivity contribution is -0.0505. The monoisotopic (exact) mass is 296 g/mol. The van der Waals surface area contributed by atoms with Crippen molar-refractivity contribution in [2.24, 2.45) is 0 Å². The maximum Gasteiger partial charge on any atom is 0.387 e. The van der Waals surface area contributed by atoms with E-state index in [1.165, 1.54) is 12.8 Å². The molecule has 0 aromatic heterocycles. The molecule has 1 aromatic rings. The van der Waals surface area contributed by atoms with Crippen molar-refractivity contribution in [3.05, 3.63) is 29.8 Å². The summed E-state index contributed by atoms with van der Waals surface area (Å²) in [5, 5.41) is 3.48. The van der Waals surface area contributed by atoms with E-state index in [9.17, 15) is 8.78 Å². The molecular weight excluding hydrogens is 274 g/mol. The molecular formula is C16H22F2N2O. The summed E-state index contributed by atoms with van der Waals surface area (Å²) in [6.07, 6.45) is 4.98. The van der Waals surface area contributed by atoms with Crippen molar-refractivity contribution >= 4 is 0 Å². The lowest BCUT2D eigenvalue weighted by Crippen LogP contribution is -2.43. The molecule has 0 atom stereocenters. The highest BCUT2D eigenvalue weighted by Gasteiger charge is 2.31. The molecule has 3 rings (SSSR count). The largest absolute Gasteiger partial charge is 0.434 e. The Labute approximate surface area is 124 Å². The highest BCUT2D eigenvalue weighted by molar-refractivity contribution is 5.33. The van der Waals surface area contributed by atoms with Gasteiger partial charge in [0, 0.05) is 24.2 Å². The topological polar surface area (TPSA) is 24.5 Å². The number of nitrogens with zero attached hydrogens (tertiary/aromatic N) is 1. The summed E-state index contributed by atoms with van der Waals surface area (Å²) in [5.41, 5.74) is 0.794. The summed E-state index contributed by atoms with van der Waals surface area (Å²) in [4.78, 5) is 2.58. The Balaban J connectivity index is 1.48. The third kappa shape index (κ3) is 4.14. The molecule has 21 heavy (non-hydrogen) atoms. The van der Waals surface area contributed by atoms with Crippen LogP contribution in [0.15, 0.2) is 24.3 Å². The van der Waals surface area contributed by atoms with Gasteiger partial charge in [0.05, 0.1) is 0 Å². The van der Waals surface area contributed by atoms with Gasteiger partial charge in [-0.25, -0.2) is 0 Å². The van der Waals surface area contributed by atoms with E-state index >= 15 is 0 Å². The first-order valence-electron chi connectivity index (χ1n) is 7.72. The van der Waals surface area contributed by atoms with Gasteiger partial charge in [-0.15, -0.1) is 0 Å². The third-order valence-corrected chi connectivity index (χ3v) is 4.36. The lowest BCUT2D eigenvalue weighted by atomic mass is 10.0. The molecule has 1 aliphatic carbocycles. The van der Waals surface area contributed by atoms with Gasteiger partial charge in [-0.3, -0.25) is 0 Å². The van der Waals surface area contributed by atoms with Crippen LogP contribution in [0, 0.1) is 0 Å². The summed E-state index contributed by atoms with van der Waals surface area (Å²) >= 11 is 0. The summed E-state index contributed by atoms with van der Waals surface area (Å²) in [5.74, 6) is 0.274. The molecule has 0 bridgehead atoms. The van der Waals surface area contributed by atoms with Crippen molar-refractivity contribution in [2.75, 3.05) is 13.1 Å². The number of hydrogen-bond acceptors (Lipinski definition) is 3. The van der Waals surface area contributed by atoms with E-state index in [4.69, 9.17) is 0 Å². The van der Waals surface area contributed by atoms with Gasteiger partial charge < -0.3 is 15.0 Å². The first-order valence-corrected chi connectivity index (χ1v) is 7.72. The van der Waals surface area contributed by atoms with Crippen molar-refractivity contribution in [3.8, 4) is 5.75 Å². The first kappa shape index (κ1) is 14.7. The van der Waals surface area contributed by atoms with E-state index < -0.39 is 6.61 Å². The Morgan fingerprint density at radius 1 is 1.14 bits per heavy atom. The van der Waals surface area contributed by atoms with Crippen molar-refractivity contribution in [1.29, 1.82) is 0 Å². The van der Waals surface area contributed by atoms with Crippen LogP contribution in [-0.4, -0.2) is 36.7 Å². The van der Waals surface area contributed by atoms with Crippen LogP contribution in [0.4, 0.5) is 8.78 Å².